The second kappa shape index (κ2) is 6.79. The van der Waals surface area contributed by atoms with Crippen molar-refractivity contribution in [3.8, 4) is 5.75 Å². The monoisotopic (exact) mass is 318 g/mol. The number of para-hydroxylation sites is 1. The number of amides is 2. The standard InChI is InChI=1S/C18H26N2O3/c1-23-16-8-3-2-6-14(16)18(9-10-18)12-20-17(22)19-11-13-5-4-7-15(13)21/h2-3,6,8,13,15,21H,4-5,7,9-12H2,1H3,(H2,19,20,22)/t13-,15+/m1/s1. The summed E-state index contributed by atoms with van der Waals surface area (Å²) in [5.41, 5.74) is 1.19. The molecule has 0 saturated heterocycles. The Morgan fingerprint density at radius 3 is 2.74 bits per heavy atom. The van der Waals surface area contributed by atoms with Crippen LogP contribution in [0.2, 0.25) is 0 Å². The fourth-order valence-corrected chi connectivity index (χ4v) is 3.57. The van der Waals surface area contributed by atoms with E-state index in [9.17, 15) is 9.90 Å². The molecule has 2 atom stereocenters. The van der Waals surface area contributed by atoms with Crippen LogP contribution in [0.3, 0.4) is 0 Å². The SMILES string of the molecule is COc1ccccc1C1(CNC(=O)NC[C@H]2CCC[C@@H]2O)CC1. The van der Waals surface area contributed by atoms with E-state index in [4.69, 9.17) is 4.74 Å². The molecule has 2 aliphatic carbocycles. The number of hydrogen-bond donors (Lipinski definition) is 3. The highest BCUT2D eigenvalue weighted by Crippen LogP contribution is 2.50. The van der Waals surface area contributed by atoms with Crippen LogP contribution in [-0.2, 0) is 5.41 Å². The quantitative estimate of drug-likeness (QED) is 0.753. The van der Waals surface area contributed by atoms with Crippen molar-refractivity contribution in [3.63, 3.8) is 0 Å². The molecule has 0 bridgehead atoms. The average Bonchev–Trinajstić information content (AvgIpc) is 3.26. The first-order chi connectivity index (χ1) is 11.1. The van der Waals surface area contributed by atoms with Crippen molar-refractivity contribution in [1.29, 1.82) is 0 Å². The van der Waals surface area contributed by atoms with Crippen LogP contribution in [-0.4, -0.2) is 37.4 Å². The fourth-order valence-electron chi connectivity index (χ4n) is 3.57. The minimum Gasteiger partial charge on any atom is -0.496 e. The molecular weight excluding hydrogens is 292 g/mol. The van der Waals surface area contributed by atoms with Gasteiger partial charge in [-0.1, -0.05) is 24.6 Å². The van der Waals surface area contributed by atoms with E-state index in [1.54, 1.807) is 7.11 Å². The molecule has 5 nitrogen and oxygen atoms in total. The number of methoxy groups -OCH3 is 1. The van der Waals surface area contributed by atoms with E-state index >= 15 is 0 Å². The number of carbonyl (C=O) groups is 1. The summed E-state index contributed by atoms with van der Waals surface area (Å²) in [4.78, 5) is 12.0. The number of aliphatic hydroxyl groups excluding tert-OH is 1. The van der Waals surface area contributed by atoms with Crippen molar-refractivity contribution in [3.05, 3.63) is 29.8 Å². The number of hydrogen-bond acceptors (Lipinski definition) is 3. The molecule has 0 aliphatic heterocycles. The van der Waals surface area contributed by atoms with E-state index < -0.39 is 0 Å². The summed E-state index contributed by atoms with van der Waals surface area (Å²) < 4.78 is 5.45. The highest BCUT2D eigenvalue weighted by Gasteiger charge is 2.46. The van der Waals surface area contributed by atoms with Gasteiger partial charge in [0.25, 0.3) is 0 Å². The maximum atomic E-state index is 12.0. The third-order valence-electron chi connectivity index (χ3n) is 5.26. The number of urea groups is 1. The molecule has 2 aliphatic rings. The van der Waals surface area contributed by atoms with Gasteiger partial charge in [0.2, 0.25) is 0 Å². The molecule has 0 heterocycles. The third kappa shape index (κ3) is 3.61. The lowest BCUT2D eigenvalue weighted by Crippen LogP contribution is -2.42. The number of benzene rings is 1. The smallest absolute Gasteiger partial charge is 0.314 e. The Kier molecular flexibility index (Phi) is 4.76. The molecule has 0 unspecified atom stereocenters. The molecule has 2 amide bonds. The van der Waals surface area contributed by atoms with Crippen LogP contribution in [0.5, 0.6) is 5.75 Å². The predicted molar refractivity (Wildman–Crippen MR) is 88.7 cm³/mol. The van der Waals surface area contributed by atoms with Gasteiger partial charge in [-0.3, -0.25) is 0 Å². The van der Waals surface area contributed by atoms with Gasteiger partial charge in [-0.05, 0) is 31.7 Å². The number of nitrogens with one attached hydrogen (secondary N) is 2. The van der Waals surface area contributed by atoms with Crippen LogP contribution in [0.4, 0.5) is 4.79 Å². The topological polar surface area (TPSA) is 70.6 Å². The van der Waals surface area contributed by atoms with Crippen LogP contribution >= 0.6 is 0 Å². The summed E-state index contributed by atoms with van der Waals surface area (Å²) >= 11 is 0. The molecule has 23 heavy (non-hydrogen) atoms. The number of aliphatic hydroxyl groups is 1. The second-order valence-electron chi connectivity index (χ2n) is 6.80. The van der Waals surface area contributed by atoms with Gasteiger partial charge in [0.1, 0.15) is 5.75 Å². The molecule has 0 radical (unpaired) electrons. The van der Waals surface area contributed by atoms with Crippen molar-refractivity contribution in [1.82, 2.24) is 10.6 Å². The van der Waals surface area contributed by atoms with Crippen molar-refractivity contribution < 1.29 is 14.6 Å². The van der Waals surface area contributed by atoms with Gasteiger partial charge >= 0.3 is 6.03 Å². The van der Waals surface area contributed by atoms with Crippen LogP contribution in [0.25, 0.3) is 0 Å². The van der Waals surface area contributed by atoms with Crippen molar-refractivity contribution in [2.45, 2.75) is 43.6 Å². The molecule has 2 fully saturated rings. The lowest BCUT2D eigenvalue weighted by molar-refractivity contribution is 0.132. The van der Waals surface area contributed by atoms with Gasteiger partial charge in [-0.15, -0.1) is 0 Å². The predicted octanol–water partition coefficient (Wildman–Crippen LogP) is 2.19. The first kappa shape index (κ1) is 16.1. The summed E-state index contributed by atoms with van der Waals surface area (Å²) in [6.45, 7) is 1.17. The summed E-state index contributed by atoms with van der Waals surface area (Å²) in [5.74, 6) is 1.09. The Balaban J connectivity index is 1.50. The molecule has 5 heteroatoms. The van der Waals surface area contributed by atoms with E-state index in [0.717, 1.165) is 37.9 Å². The van der Waals surface area contributed by atoms with Gasteiger partial charge in [0, 0.05) is 30.0 Å². The molecule has 0 spiro atoms. The first-order valence-corrected chi connectivity index (χ1v) is 8.48. The van der Waals surface area contributed by atoms with Gasteiger partial charge in [0.05, 0.1) is 13.2 Å². The Morgan fingerprint density at radius 1 is 1.30 bits per heavy atom. The Bertz CT molecular complexity index is 557. The van der Waals surface area contributed by atoms with E-state index in [2.05, 4.69) is 16.7 Å². The normalized spacial score (nSPS) is 25.0. The largest absolute Gasteiger partial charge is 0.496 e. The second-order valence-corrected chi connectivity index (χ2v) is 6.80. The highest BCUT2D eigenvalue weighted by molar-refractivity contribution is 5.74. The summed E-state index contributed by atoms with van der Waals surface area (Å²) in [6, 6.07) is 7.88. The van der Waals surface area contributed by atoms with Crippen LogP contribution < -0.4 is 15.4 Å². The fraction of sp³-hybridized carbons (Fsp3) is 0.611. The molecule has 1 aromatic rings. The minimum atomic E-state index is -0.265. The van der Waals surface area contributed by atoms with Crippen LogP contribution in [0.1, 0.15) is 37.7 Å². The number of rotatable bonds is 6. The zero-order valence-electron chi connectivity index (χ0n) is 13.7. The van der Waals surface area contributed by atoms with E-state index in [1.165, 1.54) is 5.56 Å². The first-order valence-electron chi connectivity index (χ1n) is 8.48. The molecule has 3 N–H and O–H groups in total. The van der Waals surface area contributed by atoms with E-state index in [1.807, 2.05) is 18.2 Å². The van der Waals surface area contributed by atoms with E-state index in [-0.39, 0.29) is 23.5 Å². The zero-order valence-corrected chi connectivity index (χ0v) is 13.7. The van der Waals surface area contributed by atoms with Gasteiger partial charge < -0.3 is 20.5 Å². The lowest BCUT2D eigenvalue weighted by atomic mass is 9.95. The van der Waals surface area contributed by atoms with Crippen LogP contribution in [0, 0.1) is 5.92 Å². The van der Waals surface area contributed by atoms with Crippen molar-refractivity contribution in [2.24, 2.45) is 5.92 Å². The maximum Gasteiger partial charge on any atom is 0.314 e. The molecule has 0 aromatic heterocycles. The Labute approximate surface area is 137 Å². The molecule has 1 aromatic carbocycles. The lowest BCUT2D eigenvalue weighted by Gasteiger charge is -2.20. The number of ether oxygens (including phenoxy) is 1. The number of carbonyl (C=O) groups excluding carboxylic acids is 1. The third-order valence-corrected chi connectivity index (χ3v) is 5.26. The van der Waals surface area contributed by atoms with Gasteiger partial charge in [0.15, 0.2) is 0 Å². The maximum absolute atomic E-state index is 12.0. The average molecular weight is 318 g/mol. The zero-order chi connectivity index (χ0) is 16.3. The Morgan fingerprint density at radius 2 is 2.09 bits per heavy atom. The van der Waals surface area contributed by atoms with E-state index in [0.29, 0.717) is 13.1 Å². The summed E-state index contributed by atoms with van der Waals surface area (Å²) in [6.07, 6.45) is 4.76. The molecule has 2 saturated carbocycles. The molecule has 126 valence electrons. The highest BCUT2D eigenvalue weighted by atomic mass is 16.5. The van der Waals surface area contributed by atoms with Crippen molar-refractivity contribution in [2.75, 3.05) is 20.2 Å². The summed E-state index contributed by atoms with van der Waals surface area (Å²) in [5, 5.41) is 15.7. The Hall–Kier alpha value is -1.75. The summed E-state index contributed by atoms with van der Waals surface area (Å²) in [7, 11) is 1.68. The molecule has 3 rings (SSSR count). The van der Waals surface area contributed by atoms with Gasteiger partial charge in [-0.25, -0.2) is 4.79 Å². The molecular formula is C18H26N2O3. The minimum absolute atomic E-state index is 0.0107. The van der Waals surface area contributed by atoms with Crippen LogP contribution in [0.15, 0.2) is 24.3 Å². The van der Waals surface area contributed by atoms with Crippen molar-refractivity contribution >= 4 is 6.03 Å². The van der Waals surface area contributed by atoms with Gasteiger partial charge in [-0.2, -0.15) is 0 Å².